The average molecular weight is 793 g/mol. The Kier molecular flexibility index (Phi) is 16.6. The first kappa shape index (κ1) is 49.2. The second-order valence-electron chi connectivity index (χ2n) is 19.0. The summed E-state index contributed by atoms with van der Waals surface area (Å²) >= 11 is 0. The van der Waals surface area contributed by atoms with Crippen LogP contribution in [0.15, 0.2) is 86.0 Å². The summed E-state index contributed by atoms with van der Waals surface area (Å²) in [7, 11) is 0. The number of hydrogen-bond donors (Lipinski definition) is 2. The van der Waals surface area contributed by atoms with Crippen molar-refractivity contribution in [2.24, 2.45) is 0 Å². The van der Waals surface area contributed by atoms with Gasteiger partial charge in [-0.15, -0.1) is 0 Å². The van der Waals surface area contributed by atoms with Crippen molar-refractivity contribution in [2.75, 3.05) is 13.2 Å². The molecular weight excluding hydrogens is 722 g/mol. The Morgan fingerprint density at radius 3 is 1.21 bits per heavy atom. The van der Waals surface area contributed by atoms with Gasteiger partial charge in [-0.05, 0) is 159 Å². The van der Waals surface area contributed by atoms with E-state index in [1.54, 1.807) is 12.1 Å². The van der Waals surface area contributed by atoms with Crippen molar-refractivity contribution in [1.82, 2.24) is 0 Å². The number of aliphatic hydroxyl groups excluding tert-OH is 1. The summed E-state index contributed by atoms with van der Waals surface area (Å²) < 4.78 is 4.94. The van der Waals surface area contributed by atoms with Crippen molar-refractivity contribution in [3.63, 3.8) is 0 Å². The van der Waals surface area contributed by atoms with Gasteiger partial charge in [-0.25, -0.2) is 4.79 Å². The van der Waals surface area contributed by atoms with Gasteiger partial charge in [-0.1, -0.05) is 129 Å². The van der Waals surface area contributed by atoms with Crippen LogP contribution in [-0.4, -0.2) is 46.8 Å². The number of aromatic carboxylic acids is 1. The van der Waals surface area contributed by atoms with Crippen molar-refractivity contribution < 1.29 is 40.0 Å². The summed E-state index contributed by atoms with van der Waals surface area (Å²) in [5.74, 6) is -0.906. The van der Waals surface area contributed by atoms with Crippen LogP contribution in [0.3, 0.4) is 0 Å². The van der Waals surface area contributed by atoms with Crippen molar-refractivity contribution in [3.05, 3.63) is 153 Å². The topological polar surface area (TPSA) is 66.8 Å². The van der Waals surface area contributed by atoms with Crippen molar-refractivity contribution in [3.8, 4) is 0 Å². The van der Waals surface area contributed by atoms with Crippen LogP contribution < -0.4 is 18.9 Å². The number of aryl methyl sites for hydroxylation is 2. The number of hydrogen-bond acceptors (Lipinski definition) is 3. The van der Waals surface area contributed by atoms with Crippen LogP contribution in [0.25, 0.3) is 11.1 Å². The van der Waals surface area contributed by atoms with E-state index in [4.69, 9.17) is 9.84 Å². The van der Waals surface area contributed by atoms with E-state index in [2.05, 4.69) is 119 Å². The molecule has 1 saturated heterocycles. The molecule has 1 aliphatic heterocycles. The molecule has 6 heteroatoms. The Morgan fingerprint density at radius 1 is 0.603 bits per heavy atom. The monoisotopic (exact) mass is 793 g/mol. The standard InChI is InChI=1S/C24H28O2.C24H30O.C4H8O.Al.Li.4H/c1-15-13-20-21(24(5,6)12-11-23(20,3)4)14-19(15)16(2)17-7-9-18(10-8-17)22(25)26;1-16-13-21-22(24(5,6)12-11-23(21,3)4)14-20(16)17(2)19-9-7-18(15-25)8-10-19;1-2-4-5-3-1;;;;;;/h7-10,13-14H,2,11-12H2,1,3-6H3,(H,25,26);7-10,13-14,25H,2,11-12,15H2,1,3-6H3;1-4H2;;;;;;/q;;;;+1;;;;-1. The molecule has 4 aromatic carbocycles. The van der Waals surface area contributed by atoms with E-state index in [0.29, 0.717) is 5.56 Å². The molecule has 58 heavy (non-hydrogen) atoms. The van der Waals surface area contributed by atoms with Gasteiger partial charge < -0.3 is 16.4 Å². The number of fused-ring (bicyclic) bond motifs is 2. The van der Waals surface area contributed by atoms with Crippen LogP contribution in [-0.2, 0) is 33.0 Å². The molecule has 0 saturated carbocycles. The smallest absolute Gasteiger partial charge is 1.00 e. The molecule has 4 aromatic rings. The van der Waals surface area contributed by atoms with Gasteiger partial charge in [0.05, 0.1) is 12.2 Å². The van der Waals surface area contributed by atoms with E-state index in [-0.39, 0.29) is 65.9 Å². The Hall–Kier alpha value is -3.12. The minimum absolute atomic E-state index is 0. The number of rotatable bonds is 6. The largest absolute Gasteiger partial charge is 1.00 e. The Bertz CT molecular complexity index is 2080. The molecule has 1 heterocycles. The second kappa shape index (κ2) is 19.5. The molecule has 3 aliphatic rings. The molecule has 0 bridgehead atoms. The van der Waals surface area contributed by atoms with E-state index >= 15 is 0 Å². The third-order valence-electron chi connectivity index (χ3n) is 12.8. The van der Waals surface area contributed by atoms with Crippen molar-refractivity contribution in [1.29, 1.82) is 0 Å². The molecule has 306 valence electrons. The molecule has 2 aliphatic carbocycles. The van der Waals surface area contributed by atoms with Gasteiger partial charge in [0.25, 0.3) is 0 Å². The van der Waals surface area contributed by atoms with Crippen LogP contribution in [0.2, 0.25) is 0 Å². The van der Waals surface area contributed by atoms with E-state index in [1.165, 1.54) is 77.5 Å². The van der Waals surface area contributed by atoms with Crippen LogP contribution in [0.5, 0.6) is 0 Å². The normalized spacial score (nSPS) is 17.6. The maximum absolute atomic E-state index is 11.1. The zero-order valence-corrected chi connectivity index (χ0v) is 36.9. The van der Waals surface area contributed by atoms with Crippen molar-refractivity contribution >= 4 is 34.5 Å². The Morgan fingerprint density at radius 2 is 0.914 bits per heavy atom. The molecule has 0 radical (unpaired) electrons. The van der Waals surface area contributed by atoms with Crippen LogP contribution in [0.4, 0.5) is 0 Å². The molecule has 1 fully saturated rings. The van der Waals surface area contributed by atoms with Crippen LogP contribution in [0.1, 0.15) is 167 Å². The number of ether oxygens (including phenoxy) is 1. The maximum Gasteiger partial charge on any atom is 1.00 e. The molecule has 0 spiro atoms. The Labute approximate surface area is 374 Å². The van der Waals surface area contributed by atoms with E-state index in [0.717, 1.165) is 46.6 Å². The fraction of sp³-hybridized carbons (Fsp3) is 0.442. The number of benzene rings is 4. The minimum Gasteiger partial charge on any atom is -1.00 e. The molecule has 0 amide bonds. The predicted octanol–water partition coefficient (Wildman–Crippen LogP) is 8.73. The molecular formula is C52H70AlLiO4. The summed E-state index contributed by atoms with van der Waals surface area (Å²) in [5, 5.41) is 18.3. The summed E-state index contributed by atoms with van der Waals surface area (Å²) in [5.41, 5.74) is 16.8. The van der Waals surface area contributed by atoms with Gasteiger partial charge >= 0.3 is 24.8 Å². The molecule has 0 unspecified atom stereocenters. The third-order valence-corrected chi connectivity index (χ3v) is 12.8. The van der Waals surface area contributed by atoms with Crippen molar-refractivity contribution in [2.45, 2.75) is 136 Å². The van der Waals surface area contributed by atoms with Gasteiger partial charge in [0.2, 0.25) is 0 Å². The van der Waals surface area contributed by atoms with Crippen LogP contribution in [0, 0.1) is 13.8 Å². The first-order valence-electron chi connectivity index (χ1n) is 20.5. The van der Waals surface area contributed by atoms with Gasteiger partial charge in [0.15, 0.2) is 17.4 Å². The van der Waals surface area contributed by atoms with E-state index in [9.17, 15) is 9.90 Å². The minimum atomic E-state index is -0.906. The average Bonchev–Trinajstić information content (AvgIpc) is 3.76. The molecule has 7 rings (SSSR count). The van der Waals surface area contributed by atoms with E-state index < -0.39 is 5.97 Å². The third kappa shape index (κ3) is 11.0. The quantitative estimate of drug-likeness (QED) is 0.192. The van der Waals surface area contributed by atoms with Gasteiger partial charge in [0.1, 0.15) is 0 Å². The number of aliphatic hydroxyl groups is 1. The fourth-order valence-corrected chi connectivity index (χ4v) is 8.54. The Balaban J connectivity index is 0.000000347. The first-order chi connectivity index (χ1) is 26.2. The predicted molar refractivity (Wildman–Crippen MR) is 246 cm³/mol. The summed E-state index contributed by atoms with van der Waals surface area (Å²) in [6, 6.07) is 24.5. The fourth-order valence-electron chi connectivity index (χ4n) is 8.54. The molecule has 0 aromatic heterocycles. The van der Waals surface area contributed by atoms with Gasteiger partial charge in [-0.2, -0.15) is 0 Å². The number of carboxylic acids is 1. The zero-order valence-electron chi connectivity index (χ0n) is 37.9. The summed E-state index contributed by atoms with van der Waals surface area (Å²) in [6.45, 7) is 33.9. The molecule has 0 atom stereocenters. The maximum atomic E-state index is 11.1. The molecule has 2 N–H and O–H groups in total. The summed E-state index contributed by atoms with van der Waals surface area (Å²) in [4.78, 5) is 11.1. The number of carbonyl (C=O) groups is 1. The molecule has 4 nitrogen and oxygen atoms in total. The number of carboxylic acid groups (broad SMARTS) is 1. The first-order valence-corrected chi connectivity index (χ1v) is 20.5. The van der Waals surface area contributed by atoms with Gasteiger partial charge in [-0.3, -0.25) is 0 Å². The zero-order chi connectivity index (χ0) is 41.2. The summed E-state index contributed by atoms with van der Waals surface area (Å²) in [6.07, 6.45) is 7.38. The van der Waals surface area contributed by atoms with Crippen LogP contribution >= 0.6 is 0 Å². The van der Waals surface area contributed by atoms with Gasteiger partial charge in [0, 0.05) is 13.2 Å². The SMILES string of the molecule is C1CCOC1.C=C(c1ccc(C(=O)O)cc1)c1cc2c(cc1C)C(C)(C)CCC2(C)C.C=C(c1ccc(CO)cc1)c1cc2c(cc1C)C(C)(C)CCC2(C)C.[AlH3].[H-].[Li+]. The van der Waals surface area contributed by atoms with E-state index in [1.807, 2.05) is 24.3 Å². The second-order valence-corrected chi connectivity index (χ2v) is 19.0.